The molecule has 1 saturated heterocycles. The number of aromatic amines is 1. The minimum atomic E-state index is -0.0717. The standard InChI is InChI=1S/C14H19N3O2S/c18-14-13-11(5-8-20-13)16-12(17-14)9-19-7-4-10-3-1-2-6-15-10/h5,8,10,15H,1-4,6-7,9H2,(H,16,17,18). The predicted molar refractivity (Wildman–Crippen MR) is 80.2 cm³/mol. The maximum absolute atomic E-state index is 11.8. The fourth-order valence-electron chi connectivity index (χ4n) is 2.55. The summed E-state index contributed by atoms with van der Waals surface area (Å²) >= 11 is 1.41. The fourth-order valence-corrected chi connectivity index (χ4v) is 3.28. The summed E-state index contributed by atoms with van der Waals surface area (Å²) in [4.78, 5) is 19.0. The van der Waals surface area contributed by atoms with Crippen LogP contribution >= 0.6 is 11.3 Å². The first-order valence-corrected chi connectivity index (χ1v) is 7.98. The first-order chi connectivity index (χ1) is 9.83. The molecule has 20 heavy (non-hydrogen) atoms. The second-order valence-electron chi connectivity index (χ2n) is 5.14. The van der Waals surface area contributed by atoms with Crippen molar-refractivity contribution in [2.24, 2.45) is 0 Å². The van der Waals surface area contributed by atoms with E-state index in [1.807, 2.05) is 11.4 Å². The van der Waals surface area contributed by atoms with Gasteiger partial charge in [-0.25, -0.2) is 4.98 Å². The Kier molecular flexibility index (Phi) is 4.44. The van der Waals surface area contributed by atoms with Gasteiger partial charge in [0.15, 0.2) is 0 Å². The van der Waals surface area contributed by atoms with Crippen LogP contribution in [0.4, 0.5) is 0 Å². The Morgan fingerprint density at radius 1 is 1.45 bits per heavy atom. The highest BCUT2D eigenvalue weighted by Gasteiger charge is 2.12. The molecule has 5 nitrogen and oxygen atoms in total. The van der Waals surface area contributed by atoms with Gasteiger partial charge in [-0.05, 0) is 37.3 Å². The number of nitrogens with zero attached hydrogens (tertiary/aromatic N) is 1. The molecule has 0 aromatic carbocycles. The Balaban J connectivity index is 1.50. The summed E-state index contributed by atoms with van der Waals surface area (Å²) < 4.78 is 6.31. The quantitative estimate of drug-likeness (QED) is 0.828. The largest absolute Gasteiger partial charge is 0.373 e. The molecule has 1 aliphatic rings. The van der Waals surface area contributed by atoms with Crippen molar-refractivity contribution in [2.75, 3.05) is 13.2 Å². The first-order valence-electron chi connectivity index (χ1n) is 7.10. The molecule has 0 amide bonds. The van der Waals surface area contributed by atoms with Crippen molar-refractivity contribution in [3.63, 3.8) is 0 Å². The van der Waals surface area contributed by atoms with Crippen LogP contribution in [0.15, 0.2) is 16.2 Å². The van der Waals surface area contributed by atoms with Gasteiger partial charge in [0, 0.05) is 12.6 Å². The molecular weight excluding hydrogens is 274 g/mol. The molecule has 1 aliphatic heterocycles. The van der Waals surface area contributed by atoms with E-state index in [1.165, 1.54) is 30.6 Å². The summed E-state index contributed by atoms with van der Waals surface area (Å²) in [5.41, 5.74) is 0.684. The first kappa shape index (κ1) is 13.7. The van der Waals surface area contributed by atoms with E-state index in [0.717, 1.165) is 18.5 Å². The molecule has 2 aromatic rings. The topological polar surface area (TPSA) is 67.0 Å². The molecule has 0 aliphatic carbocycles. The molecule has 0 saturated carbocycles. The smallest absolute Gasteiger partial charge is 0.268 e. The van der Waals surface area contributed by atoms with E-state index < -0.39 is 0 Å². The van der Waals surface area contributed by atoms with Gasteiger partial charge in [0.25, 0.3) is 5.56 Å². The lowest BCUT2D eigenvalue weighted by atomic mass is 10.0. The van der Waals surface area contributed by atoms with Gasteiger partial charge in [0.2, 0.25) is 0 Å². The van der Waals surface area contributed by atoms with E-state index >= 15 is 0 Å². The molecule has 3 heterocycles. The summed E-state index contributed by atoms with van der Waals surface area (Å²) in [5, 5.41) is 5.38. The fraction of sp³-hybridized carbons (Fsp3) is 0.571. The third kappa shape index (κ3) is 3.26. The van der Waals surface area contributed by atoms with E-state index in [-0.39, 0.29) is 5.56 Å². The number of hydrogen-bond donors (Lipinski definition) is 2. The molecule has 1 unspecified atom stereocenters. The zero-order valence-corrected chi connectivity index (χ0v) is 12.2. The lowest BCUT2D eigenvalue weighted by Gasteiger charge is -2.23. The molecule has 0 bridgehead atoms. The molecule has 2 aromatic heterocycles. The average molecular weight is 293 g/mol. The maximum atomic E-state index is 11.8. The van der Waals surface area contributed by atoms with E-state index in [4.69, 9.17) is 4.74 Å². The van der Waals surface area contributed by atoms with Crippen LogP contribution in [0.3, 0.4) is 0 Å². The number of rotatable bonds is 5. The normalized spacial score (nSPS) is 19.5. The van der Waals surface area contributed by atoms with Gasteiger partial charge in [0.05, 0.1) is 5.52 Å². The SMILES string of the molecule is O=c1[nH]c(COCCC2CCCCN2)nc2ccsc12. The van der Waals surface area contributed by atoms with Crippen molar-refractivity contribution < 1.29 is 4.74 Å². The van der Waals surface area contributed by atoms with Crippen LogP contribution in [0.2, 0.25) is 0 Å². The number of thiophene rings is 1. The van der Waals surface area contributed by atoms with E-state index in [0.29, 0.717) is 29.8 Å². The van der Waals surface area contributed by atoms with Crippen LogP contribution in [0.5, 0.6) is 0 Å². The Morgan fingerprint density at radius 3 is 3.25 bits per heavy atom. The van der Waals surface area contributed by atoms with Gasteiger partial charge >= 0.3 is 0 Å². The monoisotopic (exact) mass is 293 g/mol. The number of piperidine rings is 1. The van der Waals surface area contributed by atoms with Crippen LogP contribution in [0, 0.1) is 0 Å². The molecule has 3 rings (SSSR count). The molecule has 1 fully saturated rings. The van der Waals surface area contributed by atoms with Crippen LogP contribution in [0.1, 0.15) is 31.5 Å². The number of ether oxygens (including phenoxy) is 1. The summed E-state index contributed by atoms with van der Waals surface area (Å²) in [6.45, 7) is 2.19. The van der Waals surface area contributed by atoms with Crippen LogP contribution in [0.25, 0.3) is 10.2 Å². The molecule has 1 atom stereocenters. The maximum Gasteiger partial charge on any atom is 0.268 e. The third-order valence-electron chi connectivity index (χ3n) is 3.63. The molecule has 0 radical (unpaired) electrons. The average Bonchev–Trinajstić information content (AvgIpc) is 2.94. The van der Waals surface area contributed by atoms with Crippen molar-refractivity contribution in [3.05, 3.63) is 27.6 Å². The number of fused-ring (bicyclic) bond motifs is 1. The Bertz CT molecular complexity index is 616. The van der Waals surface area contributed by atoms with E-state index in [9.17, 15) is 4.79 Å². The highest BCUT2D eigenvalue weighted by atomic mass is 32.1. The van der Waals surface area contributed by atoms with Gasteiger partial charge in [-0.15, -0.1) is 11.3 Å². The van der Waals surface area contributed by atoms with Gasteiger partial charge < -0.3 is 15.0 Å². The van der Waals surface area contributed by atoms with E-state index in [1.54, 1.807) is 0 Å². The second-order valence-corrected chi connectivity index (χ2v) is 6.05. The van der Waals surface area contributed by atoms with Crippen LogP contribution in [-0.4, -0.2) is 29.2 Å². The number of nitrogens with one attached hydrogen (secondary N) is 2. The number of aromatic nitrogens is 2. The van der Waals surface area contributed by atoms with Crippen LogP contribution in [-0.2, 0) is 11.3 Å². The van der Waals surface area contributed by atoms with Gasteiger partial charge in [-0.2, -0.15) is 0 Å². The lowest BCUT2D eigenvalue weighted by molar-refractivity contribution is 0.103. The van der Waals surface area contributed by atoms with Crippen molar-refractivity contribution >= 4 is 21.6 Å². The minimum Gasteiger partial charge on any atom is -0.373 e. The summed E-state index contributed by atoms with van der Waals surface area (Å²) in [6, 6.07) is 2.44. The molecule has 6 heteroatoms. The zero-order valence-electron chi connectivity index (χ0n) is 11.4. The number of H-pyrrole nitrogens is 1. The van der Waals surface area contributed by atoms with Gasteiger partial charge in [-0.3, -0.25) is 4.79 Å². The Labute approximate surface area is 121 Å². The second kappa shape index (κ2) is 6.47. The molecule has 0 spiro atoms. The van der Waals surface area contributed by atoms with Crippen molar-refractivity contribution in [1.82, 2.24) is 15.3 Å². The van der Waals surface area contributed by atoms with Crippen molar-refractivity contribution in [1.29, 1.82) is 0 Å². The summed E-state index contributed by atoms with van der Waals surface area (Å²) in [7, 11) is 0. The summed E-state index contributed by atoms with van der Waals surface area (Å²) in [5.74, 6) is 0.609. The van der Waals surface area contributed by atoms with Crippen molar-refractivity contribution in [2.45, 2.75) is 38.3 Å². The molecular formula is C14H19N3O2S. The van der Waals surface area contributed by atoms with Crippen molar-refractivity contribution in [3.8, 4) is 0 Å². The van der Waals surface area contributed by atoms with Gasteiger partial charge in [0.1, 0.15) is 17.1 Å². The van der Waals surface area contributed by atoms with Crippen LogP contribution < -0.4 is 10.9 Å². The third-order valence-corrected chi connectivity index (χ3v) is 4.53. The van der Waals surface area contributed by atoms with Gasteiger partial charge in [-0.1, -0.05) is 6.42 Å². The summed E-state index contributed by atoms with van der Waals surface area (Å²) in [6.07, 6.45) is 4.84. The molecule has 2 N–H and O–H groups in total. The minimum absolute atomic E-state index is 0.0717. The zero-order chi connectivity index (χ0) is 13.8. The Hall–Kier alpha value is -1.24. The lowest BCUT2D eigenvalue weighted by Crippen LogP contribution is -2.34. The number of hydrogen-bond acceptors (Lipinski definition) is 5. The highest BCUT2D eigenvalue weighted by molar-refractivity contribution is 7.17. The predicted octanol–water partition coefficient (Wildman–Crippen LogP) is 2.03. The molecule has 108 valence electrons. The highest BCUT2D eigenvalue weighted by Crippen LogP contribution is 2.14. The Morgan fingerprint density at radius 2 is 2.40 bits per heavy atom. The van der Waals surface area contributed by atoms with E-state index in [2.05, 4.69) is 15.3 Å².